The molecule has 0 saturated carbocycles. The van der Waals surface area contributed by atoms with Gasteiger partial charge in [-0.25, -0.2) is 9.59 Å². The molecule has 34 heavy (non-hydrogen) atoms. The lowest BCUT2D eigenvalue weighted by molar-refractivity contribution is -0.394. The van der Waals surface area contributed by atoms with Crippen molar-refractivity contribution in [3.8, 4) is 0 Å². The van der Waals surface area contributed by atoms with Crippen molar-refractivity contribution in [1.82, 2.24) is 0 Å². The molecule has 0 amide bonds. The third-order valence-corrected chi connectivity index (χ3v) is 6.18. The zero-order valence-electron chi connectivity index (χ0n) is 20.0. The van der Waals surface area contributed by atoms with Gasteiger partial charge < -0.3 is 14.8 Å². The van der Waals surface area contributed by atoms with Crippen LogP contribution in [0.1, 0.15) is 51.9 Å². The van der Waals surface area contributed by atoms with Gasteiger partial charge in [-0.05, 0) is 0 Å². The number of rotatable bonds is 8. The molecule has 0 aliphatic carbocycles. The highest BCUT2D eigenvalue weighted by Crippen LogP contribution is 2.43. The fourth-order valence-corrected chi connectivity index (χ4v) is 5.02. The van der Waals surface area contributed by atoms with E-state index in [2.05, 4.69) is 5.32 Å². The molecule has 0 saturated heterocycles. The molecule has 0 atom stereocenters. The summed E-state index contributed by atoms with van der Waals surface area (Å²) in [6.45, 7) is 10.1. The predicted octanol–water partition coefficient (Wildman–Crippen LogP) is 4.16. The highest BCUT2D eigenvalue weighted by Gasteiger charge is 2.53. The number of methoxy groups -OCH3 is 2. The number of ether oxygens (including phenoxy) is 2. The van der Waals surface area contributed by atoms with Crippen molar-refractivity contribution in [2.24, 2.45) is 0 Å². The number of benzene rings is 1. The number of anilines is 1. The first-order chi connectivity index (χ1) is 15.4. The van der Waals surface area contributed by atoms with Crippen molar-refractivity contribution in [1.29, 1.82) is 0 Å². The van der Waals surface area contributed by atoms with Crippen LogP contribution >= 0.6 is 23.5 Å². The SMILES string of the molecule is COC(=O)C(Nc1cc([N+](=O)[O-])cc([N+](=O)[O-])c1C(=O)SC(C)(C)C)(SC(C)(C)C)C(=O)OC. The monoisotopic (exact) mass is 517 g/mol. The highest BCUT2D eigenvalue weighted by molar-refractivity contribution is 8.15. The predicted molar refractivity (Wildman–Crippen MR) is 129 cm³/mol. The van der Waals surface area contributed by atoms with E-state index in [1.165, 1.54) is 0 Å². The largest absolute Gasteiger partial charge is 0.466 e. The molecular formula is C20H27N3O9S2. The summed E-state index contributed by atoms with van der Waals surface area (Å²) in [5.41, 5.74) is -2.59. The maximum absolute atomic E-state index is 13.1. The minimum atomic E-state index is -2.34. The Hall–Kier alpha value is -2.87. The van der Waals surface area contributed by atoms with Gasteiger partial charge in [-0.15, -0.1) is 11.8 Å². The Morgan fingerprint density at radius 1 is 0.882 bits per heavy atom. The fourth-order valence-electron chi connectivity index (χ4n) is 2.73. The standard InChI is InChI=1S/C20H27N3O9S2/c1-18(2,3)33-15(24)14-12(9-11(22(27)28)10-13(14)23(29)30)21-20(16(25)31-7,17(26)32-8)34-19(4,5)6/h9-10,21H,1-8H3. The van der Waals surface area contributed by atoms with E-state index in [1.807, 2.05) is 0 Å². The van der Waals surface area contributed by atoms with E-state index in [9.17, 15) is 34.6 Å². The molecule has 0 unspecified atom stereocenters. The van der Waals surface area contributed by atoms with E-state index in [0.717, 1.165) is 43.8 Å². The van der Waals surface area contributed by atoms with E-state index in [0.29, 0.717) is 6.07 Å². The fraction of sp³-hybridized carbons (Fsp3) is 0.550. The van der Waals surface area contributed by atoms with Crippen LogP contribution in [-0.4, -0.2) is 55.5 Å². The van der Waals surface area contributed by atoms with E-state index >= 15 is 0 Å². The zero-order chi connectivity index (χ0) is 26.6. The Kier molecular flexibility index (Phi) is 9.09. The summed E-state index contributed by atoms with van der Waals surface area (Å²) in [4.78, 5) is 58.1. The average molecular weight is 518 g/mol. The van der Waals surface area contributed by atoms with Gasteiger partial charge >= 0.3 is 11.9 Å². The second-order valence-electron chi connectivity index (χ2n) is 8.91. The third-order valence-electron chi connectivity index (χ3n) is 3.83. The zero-order valence-corrected chi connectivity index (χ0v) is 21.7. The number of carbonyl (C=O) groups excluding carboxylic acids is 3. The number of thioether (sulfide) groups is 2. The summed E-state index contributed by atoms with van der Waals surface area (Å²) in [5, 5.41) is 25.0. The first-order valence-corrected chi connectivity index (χ1v) is 11.4. The lowest BCUT2D eigenvalue weighted by Crippen LogP contribution is -2.54. The van der Waals surface area contributed by atoms with Gasteiger partial charge in [-0.2, -0.15) is 0 Å². The van der Waals surface area contributed by atoms with Crippen LogP contribution in [-0.2, 0) is 19.1 Å². The molecule has 0 spiro atoms. The smallest absolute Gasteiger partial charge is 0.354 e. The van der Waals surface area contributed by atoms with Crippen LogP contribution in [0.15, 0.2) is 12.1 Å². The average Bonchev–Trinajstić information content (AvgIpc) is 2.68. The molecule has 1 rings (SSSR count). The number of esters is 2. The number of nitro groups is 2. The first-order valence-electron chi connectivity index (χ1n) is 9.74. The number of nitrogens with one attached hydrogen (secondary N) is 1. The topological polar surface area (TPSA) is 168 Å². The molecule has 188 valence electrons. The molecule has 0 fully saturated rings. The molecule has 0 aliphatic heterocycles. The number of nitrogens with zero attached hydrogens (tertiary/aromatic N) is 2. The van der Waals surface area contributed by atoms with Gasteiger partial charge in [-0.3, -0.25) is 25.0 Å². The third kappa shape index (κ3) is 7.06. The van der Waals surface area contributed by atoms with Gasteiger partial charge in [0, 0.05) is 15.6 Å². The molecule has 1 N–H and O–H groups in total. The summed E-state index contributed by atoms with van der Waals surface area (Å²) in [6, 6.07) is 1.50. The van der Waals surface area contributed by atoms with Crippen LogP contribution in [0, 0.1) is 20.2 Å². The molecule has 0 bridgehead atoms. The number of nitro benzene ring substituents is 2. The Balaban J connectivity index is 4.05. The maximum Gasteiger partial charge on any atom is 0.354 e. The van der Waals surface area contributed by atoms with Crippen LogP contribution in [0.3, 0.4) is 0 Å². The van der Waals surface area contributed by atoms with Crippen LogP contribution < -0.4 is 5.32 Å². The first kappa shape index (κ1) is 29.2. The summed E-state index contributed by atoms with van der Waals surface area (Å²) < 4.78 is 8.16. The Morgan fingerprint density at radius 3 is 1.74 bits per heavy atom. The number of hydrogen-bond acceptors (Lipinski definition) is 12. The molecule has 1 aromatic carbocycles. The van der Waals surface area contributed by atoms with Gasteiger partial charge in [0.1, 0.15) is 5.56 Å². The highest BCUT2D eigenvalue weighted by atomic mass is 32.2. The lowest BCUT2D eigenvalue weighted by atomic mass is 10.1. The molecule has 0 heterocycles. The minimum absolute atomic E-state index is 0.463. The van der Waals surface area contributed by atoms with Gasteiger partial charge in [0.05, 0.1) is 35.8 Å². The second kappa shape index (κ2) is 10.6. The van der Waals surface area contributed by atoms with Crippen molar-refractivity contribution >= 4 is 57.6 Å². The van der Waals surface area contributed by atoms with Crippen LogP contribution in [0.2, 0.25) is 0 Å². The van der Waals surface area contributed by atoms with Crippen molar-refractivity contribution in [3.05, 3.63) is 37.9 Å². The molecule has 0 aromatic heterocycles. The molecule has 0 radical (unpaired) electrons. The van der Waals surface area contributed by atoms with Crippen LogP contribution in [0.25, 0.3) is 0 Å². The molecule has 14 heteroatoms. The summed E-state index contributed by atoms with van der Waals surface area (Å²) in [7, 11) is 2.03. The van der Waals surface area contributed by atoms with Crippen molar-refractivity contribution in [2.75, 3.05) is 19.5 Å². The lowest BCUT2D eigenvalue weighted by Gasteiger charge is -2.35. The molecular weight excluding hydrogens is 490 g/mol. The number of carbonyl (C=O) groups is 3. The van der Waals surface area contributed by atoms with E-state index < -0.39 is 63.9 Å². The Labute approximate surface area is 204 Å². The van der Waals surface area contributed by atoms with Crippen molar-refractivity contribution in [2.45, 2.75) is 55.9 Å². The molecule has 12 nitrogen and oxygen atoms in total. The number of non-ortho nitro benzene ring substituents is 1. The van der Waals surface area contributed by atoms with Crippen molar-refractivity contribution in [3.63, 3.8) is 0 Å². The van der Waals surface area contributed by atoms with Crippen LogP contribution in [0.4, 0.5) is 17.1 Å². The number of hydrogen-bond donors (Lipinski definition) is 1. The van der Waals surface area contributed by atoms with E-state index in [4.69, 9.17) is 9.47 Å². The van der Waals surface area contributed by atoms with Gasteiger partial charge in [0.2, 0.25) is 5.12 Å². The van der Waals surface area contributed by atoms with Crippen LogP contribution in [0.5, 0.6) is 0 Å². The quantitative estimate of drug-likeness (QED) is 0.172. The van der Waals surface area contributed by atoms with Crippen molar-refractivity contribution < 1.29 is 33.7 Å². The molecule has 1 aromatic rings. The Morgan fingerprint density at radius 2 is 1.38 bits per heavy atom. The molecule has 0 aliphatic rings. The van der Waals surface area contributed by atoms with E-state index in [-0.39, 0.29) is 0 Å². The van der Waals surface area contributed by atoms with Gasteiger partial charge in [-0.1, -0.05) is 53.3 Å². The minimum Gasteiger partial charge on any atom is -0.466 e. The Bertz CT molecular complexity index is 998. The van der Waals surface area contributed by atoms with E-state index in [1.54, 1.807) is 41.5 Å². The summed E-state index contributed by atoms with van der Waals surface area (Å²) in [6.07, 6.45) is 0. The summed E-state index contributed by atoms with van der Waals surface area (Å²) in [5.74, 6) is -2.26. The second-order valence-corrected chi connectivity index (χ2v) is 12.7. The summed E-state index contributed by atoms with van der Waals surface area (Å²) >= 11 is 1.50. The van der Waals surface area contributed by atoms with Gasteiger partial charge in [0.15, 0.2) is 0 Å². The normalized spacial score (nSPS) is 12.0. The maximum atomic E-state index is 13.1. The van der Waals surface area contributed by atoms with Gasteiger partial charge in [0.25, 0.3) is 16.2 Å².